The summed E-state index contributed by atoms with van der Waals surface area (Å²) >= 11 is 6.09. The zero-order valence-electron chi connectivity index (χ0n) is 12.2. The third kappa shape index (κ3) is 4.03. The van der Waals surface area contributed by atoms with Crippen LogP contribution in [0.25, 0.3) is 0 Å². The number of aromatic nitrogens is 2. The highest BCUT2D eigenvalue weighted by molar-refractivity contribution is 6.34. The largest absolute Gasteiger partial charge is 0.368 e. The minimum absolute atomic E-state index is 0.143. The molecule has 19 heavy (non-hydrogen) atoms. The van der Waals surface area contributed by atoms with Gasteiger partial charge in [-0.3, -0.25) is 9.48 Å². The molecule has 1 heterocycles. The second kappa shape index (κ2) is 6.50. The summed E-state index contributed by atoms with van der Waals surface area (Å²) in [4.78, 5) is 14.5. The van der Waals surface area contributed by atoms with Gasteiger partial charge in [-0.05, 0) is 34.9 Å². The number of ketones is 1. The quantitative estimate of drug-likeness (QED) is 0.721. The van der Waals surface area contributed by atoms with Crippen molar-refractivity contribution in [2.75, 3.05) is 27.2 Å². The Hall–Kier alpha value is -0.910. The Bertz CT molecular complexity index is 441. The number of nitrogens with zero attached hydrogens (tertiary/aromatic N) is 3. The normalized spacial score (nSPS) is 12.2. The first kappa shape index (κ1) is 16.1. The van der Waals surface area contributed by atoms with Gasteiger partial charge in [-0.25, -0.2) is 0 Å². The predicted octanol–water partition coefficient (Wildman–Crippen LogP) is 2.10. The molecule has 0 N–H and O–H groups in total. The molecule has 0 aliphatic heterocycles. The number of ether oxygens (including phenoxy) is 1. The Morgan fingerprint density at radius 1 is 1.53 bits per heavy atom. The fourth-order valence-electron chi connectivity index (χ4n) is 1.76. The molecule has 0 unspecified atom stereocenters. The lowest BCUT2D eigenvalue weighted by Gasteiger charge is -2.23. The van der Waals surface area contributed by atoms with Gasteiger partial charge in [0, 0.05) is 13.2 Å². The van der Waals surface area contributed by atoms with Crippen molar-refractivity contribution in [3.05, 3.63) is 16.9 Å². The molecule has 108 valence electrons. The van der Waals surface area contributed by atoms with E-state index in [1.54, 1.807) is 18.5 Å². The van der Waals surface area contributed by atoms with Gasteiger partial charge in [0.05, 0.1) is 17.8 Å². The molecule has 0 aliphatic rings. The summed E-state index contributed by atoms with van der Waals surface area (Å²) in [6.07, 6.45) is 1.51. The maximum Gasteiger partial charge on any atom is 0.213 e. The second-order valence-corrected chi connectivity index (χ2v) is 5.55. The highest BCUT2D eigenvalue weighted by Crippen LogP contribution is 2.23. The van der Waals surface area contributed by atoms with Crippen LogP contribution in [0, 0.1) is 0 Å². The summed E-state index contributed by atoms with van der Waals surface area (Å²) < 4.78 is 7.14. The van der Waals surface area contributed by atoms with Crippen molar-refractivity contribution in [3.63, 3.8) is 0 Å². The molecule has 0 aliphatic carbocycles. The van der Waals surface area contributed by atoms with Crippen LogP contribution >= 0.6 is 11.6 Å². The first-order chi connectivity index (χ1) is 8.79. The average molecular weight is 288 g/mol. The average Bonchev–Trinajstić information content (AvgIpc) is 2.66. The number of likely N-dealkylation sites (N-methyl/N-ethyl adjacent to an activating group) is 1. The zero-order valence-corrected chi connectivity index (χ0v) is 13.0. The molecule has 0 spiro atoms. The van der Waals surface area contributed by atoms with Crippen LogP contribution in [0.5, 0.6) is 0 Å². The Balaban J connectivity index is 2.99. The number of carbonyl (C=O) groups excluding carboxylic acids is 1. The molecular formula is C13H22ClN3O2. The maximum absolute atomic E-state index is 12.5. The standard InChI is InChI=1S/C13H22ClN3O2/c1-6-19-13(2,3)12(18)11-10(14)9-15-17(11)8-7-16(4)5/h9H,6-8H2,1-5H3. The molecule has 0 aromatic carbocycles. The van der Waals surface area contributed by atoms with E-state index in [-0.39, 0.29) is 5.78 Å². The van der Waals surface area contributed by atoms with Gasteiger partial charge in [-0.2, -0.15) is 5.10 Å². The molecule has 0 amide bonds. The van der Waals surface area contributed by atoms with Crippen LogP contribution in [0.15, 0.2) is 6.20 Å². The molecule has 0 radical (unpaired) electrons. The van der Waals surface area contributed by atoms with Gasteiger partial charge in [0.25, 0.3) is 0 Å². The van der Waals surface area contributed by atoms with Crippen LogP contribution in [0.1, 0.15) is 31.3 Å². The van der Waals surface area contributed by atoms with Crippen LogP contribution in [0.3, 0.4) is 0 Å². The van der Waals surface area contributed by atoms with E-state index in [0.717, 1.165) is 6.54 Å². The number of carbonyl (C=O) groups is 1. The highest BCUT2D eigenvalue weighted by Gasteiger charge is 2.33. The second-order valence-electron chi connectivity index (χ2n) is 5.14. The van der Waals surface area contributed by atoms with E-state index in [9.17, 15) is 4.79 Å². The van der Waals surface area contributed by atoms with E-state index in [2.05, 4.69) is 5.10 Å². The van der Waals surface area contributed by atoms with Gasteiger partial charge >= 0.3 is 0 Å². The molecule has 0 fully saturated rings. The smallest absolute Gasteiger partial charge is 0.213 e. The lowest BCUT2D eigenvalue weighted by atomic mass is 10.0. The number of halogens is 1. The monoisotopic (exact) mass is 287 g/mol. The van der Waals surface area contributed by atoms with Crippen LogP contribution in [-0.2, 0) is 11.3 Å². The van der Waals surface area contributed by atoms with Gasteiger partial charge in [0.2, 0.25) is 5.78 Å². The third-order valence-electron chi connectivity index (χ3n) is 2.82. The summed E-state index contributed by atoms with van der Waals surface area (Å²) in [5, 5.41) is 4.54. The molecule has 1 aromatic heterocycles. The molecular weight excluding hydrogens is 266 g/mol. The summed E-state index contributed by atoms with van der Waals surface area (Å²) in [6.45, 7) is 7.23. The topological polar surface area (TPSA) is 47.4 Å². The van der Waals surface area contributed by atoms with Crippen molar-refractivity contribution in [1.29, 1.82) is 0 Å². The van der Waals surface area contributed by atoms with Gasteiger partial charge in [-0.15, -0.1) is 0 Å². The van der Waals surface area contributed by atoms with Crippen molar-refractivity contribution in [1.82, 2.24) is 14.7 Å². The molecule has 5 nitrogen and oxygen atoms in total. The maximum atomic E-state index is 12.5. The van der Waals surface area contributed by atoms with Crippen LogP contribution in [-0.4, -0.2) is 53.3 Å². The molecule has 0 atom stereocenters. The van der Waals surface area contributed by atoms with E-state index in [1.165, 1.54) is 6.20 Å². The Morgan fingerprint density at radius 2 is 2.16 bits per heavy atom. The van der Waals surface area contributed by atoms with Crippen molar-refractivity contribution in [2.24, 2.45) is 0 Å². The van der Waals surface area contributed by atoms with E-state index in [1.807, 2.05) is 25.9 Å². The van der Waals surface area contributed by atoms with Crippen LogP contribution < -0.4 is 0 Å². The van der Waals surface area contributed by atoms with Gasteiger partial charge in [0.1, 0.15) is 11.3 Å². The summed E-state index contributed by atoms with van der Waals surface area (Å²) in [7, 11) is 3.94. The van der Waals surface area contributed by atoms with Crippen molar-refractivity contribution in [2.45, 2.75) is 32.9 Å². The highest BCUT2D eigenvalue weighted by atomic mass is 35.5. The number of hydrogen-bond acceptors (Lipinski definition) is 4. The zero-order chi connectivity index (χ0) is 14.6. The fourth-order valence-corrected chi connectivity index (χ4v) is 1.99. The van der Waals surface area contributed by atoms with E-state index in [0.29, 0.717) is 23.9 Å². The van der Waals surface area contributed by atoms with Gasteiger partial charge < -0.3 is 9.64 Å². The SMILES string of the molecule is CCOC(C)(C)C(=O)c1c(Cl)cnn1CCN(C)C. The summed E-state index contributed by atoms with van der Waals surface area (Å²) in [6, 6.07) is 0. The fraction of sp³-hybridized carbons (Fsp3) is 0.692. The summed E-state index contributed by atoms with van der Waals surface area (Å²) in [5.41, 5.74) is -0.476. The molecule has 0 saturated carbocycles. The van der Waals surface area contributed by atoms with Gasteiger partial charge in [-0.1, -0.05) is 11.6 Å². The predicted molar refractivity (Wildman–Crippen MR) is 75.8 cm³/mol. The lowest BCUT2D eigenvalue weighted by molar-refractivity contribution is 0.000444. The van der Waals surface area contributed by atoms with Crippen LogP contribution in [0.4, 0.5) is 0 Å². The van der Waals surface area contributed by atoms with E-state index >= 15 is 0 Å². The molecule has 6 heteroatoms. The van der Waals surface area contributed by atoms with E-state index in [4.69, 9.17) is 16.3 Å². The summed E-state index contributed by atoms with van der Waals surface area (Å²) in [5.74, 6) is -0.143. The molecule has 0 bridgehead atoms. The first-order valence-corrected chi connectivity index (χ1v) is 6.72. The van der Waals surface area contributed by atoms with Crippen molar-refractivity contribution < 1.29 is 9.53 Å². The van der Waals surface area contributed by atoms with Crippen molar-refractivity contribution in [3.8, 4) is 0 Å². The van der Waals surface area contributed by atoms with Crippen molar-refractivity contribution >= 4 is 17.4 Å². The first-order valence-electron chi connectivity index (χ1n) is 6.34. The Labute approximate surface area is 119 Å². The van der Waals surface area contributed by atoms with Crippen LogP contribution in [0.2, 0.25) is 5.02 Å². The lowest BCUT2D eigenvalue weighted by Crippen LogP contribution is -2.37. The minimum atomic E-state index is -0.895. The molecule has 1 aromatic rings. The van der Waals surface area contributed by atoms with E-state index < -0.39 is 5.60 Å². The molecule has 0 saturated heterocycles. The molecule has 1 rings (SSSR count). The number of hydrogen-bond donors (Lipinski definition) is 0. The number of rotatable bonds is 7. The number of Topliss-reactive ketones (excluding diaryl/α,β-unsaturated/α-hetero) is 1. The van der Waals surface area contributed by atoms with Gasteiger partial charge in [0.15, 0.2) is 0 Å². The third-order valence-corrected chi connectivity index (χ3v) is 3.10. The Kier molecular flexibility index (Phi) is 5.52. The Morgan fingerprint density at radius 3 is 2.68 bits per heavy atom. The minimum Gasteiger partial charge on any atom is -0.368 e.